The van der Waals surface area contributed by atoms with E-state index in [-0.39, 0.29) is 0 Å². The zero-order chi connectivity index (χ0) is 83.8. The Bertz CT molecular complexity index is 9350. The van der Waals surface area contributed by atoms with Gasteiger partial charge in [-0.05, 0) is 271 Å². The zero-order valence-corrected chi connectivity index (χ0v) is 70.0. The molecule has 128 heavy (non-hydrogen) atoms. The number of aryl methyl sites for hydroxylation is 2. The molecular formula is C123H81N5. The minimum Gasteiger partial charge on any atom is -0.355 e. The van der Waals surface area contributed by atoms with Crippen LogP contribution in [0.25, 0.3) is 206 Å². The Hall–Kier alpha value is -16.3. The number of nitrogens with one attached hydrogen (secondary N) is 5. The van der Waals surface area contributed by atoms with Crippen molar-refractivity contribution in [1.29, 1.82) is 0 Å². The van der Waals surface area contributed by atoms with E-state index in [2.05, 4.69) is 438 Å². The Kier molecular flexibility index (Phi) is 16.1. The molecule has 0 spiro atoms. The molecule has 25 aromatic rings. The molecule has 22 aromatic carbocycles. The number of H-pyrrole nitrogens is 3. The first kappa shape index (κ1) is 72.2. The molecule has 3 aromatic heterocycles. The molecule has 6 aliphatic rings. The van der Waals surface area contributed by atoms with Crippen molar-refractivity contribution in [3.63, 3.8) is 0 Å². The van der Waals surface area contributed by atoms with Gasteiger partial charge in [-0.25, -0.2) is 0 Å². The van der Waals surface area contributed by atoms with E-state index in [1.165, 1.54) is 272 Å². The molecule has 5 heteroatoms. The van der Waals surface area contributed by atoms with Crippen LogP contribution in [0.2, 0.25) is 0 Å². The van der Waals surface area contributed by atoms with Gasteiger partial charge in [-0.15, -0.1) is 0 Å². The lowest BCUT2D eigenvalue weighted by Crippen LogP contribution is -2.38. The number of allylic oxidation sites excluding steroid dienone is 10. The van der Waals surface area contributed by atoms with Crippen LogP contribution in [-0.2, 0) is 19.3 Å². The van der Waals surface area contributed by atoms with Gasteiger partial charge in [0, 0.05) is 101 Å². The molecule has 2 atom stereocenters. The molecule has 4 aliphatic carbocycles. The molecule has 5 nitrogen and oxygen atoms in total. The van der Waals surface area contributed by atoms with Gasteiger partial charge in [0.1, 0.15) is 0 Å². The summed E-state index contributed by atoms with van der Waals surface area (Å²) in [5, 5.41) is 51.2. The maximum Gasteiger partial charge on any atom is 0.0545 e. The number of fused-ring (bicyclic) bond motifs is 34. The average molecular weight is 1630 g/mol. The van der Waals surface area contributed by atoms with E-state index < -0.39 is 0 Å². The first-order chi connectivity index (χ1) is 63.5. The van der Waals surface area contributed by atoms with Crippen molar-refractivity contribution in [3.8, 4) is 0 Å². The lowest BCUT2D eigenvalue weighted by atomic mass is 9.64. The second-order valence-corrected chi connectivity index (χ2v) is 35.4. The van der Waals surface area contributed by atoms with Crippen LogP contribution in [0.5, 0.6) is 0 Å². The van der Waals surface area contributed by atoms with E-state index in [1.54, 1.807) is 0 Å². The van der Waals surface area contributed by atoms with Crippen molar-refractivity contribution in [2.75, 3.05) is 10.6 Å². The van der Waals surface area contributed by atoms with E-state index >= 15 is 0 Å². The third-order valence-electron chi connectivity index (χ3n) is 28.6. The number of aromatic nitrogens is 3. The van der Waals surface area contributed by atoms with Crippen molar-refractivity contribution in [2.24, 2.45) is 11.8 Å². The molecule has 0 saturated heterocycles. The highest BCUT2D eigenvalue weighted by Gasteiger charge is 2.38. The fourth-order valence-electron chi connectivity index (χ4n) is 22.9. The van der Waals surface area contributed by atoms with Gasteiger partial charge in [-0.1, -0.05) is 334 Å². The van der Waals surface area contributed by atoms with Crippen molar-refractivity contribution >= 4 is 229 Å². The summed E-state index contributed by atoms with van der Waals surface area (Å²) in [6, 6.07) is 132. The summed E-state index contributed by atoms with van der Waals surface area (Å²) in [5.41, 5.74) is 22.3. The number of anilines is 4. The van der Waals surface area contributed by atoms with E-state index in [1.807, 2.05) is 0 Å². The molecule has 598 valence electrons. The van der Waals surface area contributed by atoms with Gasteiger partial charge in [-0.3, -0.25) is 0 Å². The molecule has 31 rings (SSSR count). The monoisotopic (exact) mass is 1630 g/mol. The molecule has 2 aliphatic heterocycles. The van der Waals surface area contributed by atoms with E-state index in [9.17, 15) is 0 Å². The Labute approximate surface area is 736 Å². The maximum atomic E-state index is 3.71. The summed E-state index contributed by atoms with van der Waals surface area (Å²) >= 11 is 0. The Balaban J connectivity index is 0.0000000828. The predicted molar refractivity (Wildman–Crippen MR) is 548 cm³/mol. The lowest BCUT2D eigenvalue weighted by Gasteiger charge is -2.39. The standard InChI is InChI=1S/C26H15N.C26H19N.C25H17N.C24H15N.C22H15N/c1-2-13-23-16(8-1)22-14-21-19-10-4-7-15-6-3-9-17(24(15)19)18-11-5-12-20(25(18)21)26(22)27-23;1-6-12-25-17(7-1)13-14-18-15-23-21-10-4-2-8-19(21)20-9-3-5-11-22(20)24(23)16-26(18)27-25;1-6-12-24-16(7-1)13-17-14-22-20-10-4-2-8-18(20)19-9-3-5-11-21(19)23(22)15-25(17)26-24;1-3-9-17-15(7-1)16-8-2-4-10-18(16)21-14-24-22(13-20(17)21)19-11-5-6-12-23(19)25-24;1-2-7-19-16(6-1)18-12-15-9-8-13-4-3-5-14-10-11-17(22(18)23-19)21(15)20(13)14/h1-14,27H;1-12,15-16,27H,13-14H2;1-12,14-15,26H,13H2;1-14,25H;1-12,20-21,23H. The second-order valence-electron chi connectivity index (χ2n) is 35.4. The highest BCUT2D eigenvalue weighted by Crippen LogP contribution is 2.51. The summed E-state index contributed by atoms with van der Waals surface area (Å²) in [5.74, 6) is 0.938. The predicted octanol–water partition coefficient (Wildman–Crippen LogP) is 31.2. The highest BCUT2D eigenvalue weighted by molar-refractivity contribution is 6.38. The van der Waals surface area contributed by atoms with Crippen LogP contribution in [0.3, 0.4) is 0 Å². The van der Waals surface area contributed by atoms with E-state index in [0.717, 1.165) is 19.3 Å². The third kappa shape index (κ3) is 11.2. The van der Waals surface area contributed by atoms with Gasteiger partial charge >= 0.3 is 0 Å². The van der Waals surface area contributed by atoms with Gasteiger partial charge in [0.2, 0.25) is 0 Å². The summed E-state index contributed by atoms with van der Waals surface area (Å²) < 4.78 is 0. The molecule has 0 radical (unpaired) electrons. The summed E-state index contributed by atoms with van der Waals surface area (Å²) in [6.45, 7) is 0. The fraction of sp³-hybridized carbons (Fsp3) is 0.0407. The zero-order valence-electron chi connectivity index (χ0n) is 70.0. The molecule has 0 amide bonds. The van der Waals surface area contributed by atoms with Crippen LogP contribution in [-0.4, -0.2) is 15.0 Å². The van der Waals surface area contributed by atoms with Crippen LogP contribution in [0, 0.1) is 11.8 Å². The molecular weight excluding hydrogens is 1550 g/mol. The van der Waals surface area contributed by atoms with Gasteiger partial charge < -0.3 is 25.6 Å². The Morgan fingerprint density at radius 2 is 0.625 bits per heavy atom. The van der Waals surface area contributed by atoms with Crippen molar-refractivity contribution in [2.45, 2.75) is 19.3 Å². The normalized spacial score (nSPS) is 15.0. The van der Waals surface area contributed by atoms with Crippen molar-refractivity contribution in [3.05, 3.63) is 456 Å². The quantitative estimate of drug-likeness (QED) is 0.0776. The topological polar surface area (TPSA) is 71.4 Å². The van der Waals surface area contributed by atoms with E-state index in [0.29, 0.717) is 11.8 Å². The minimum atomic E-state index is 0.455. The molecule has 2 unspecified atom stereocenters. The average Bonchev–Trinajstić information content (AvgIpc) is 1.32. The number of benzene rings is 22. The van der Waals surface area contributed by atoms with Crippen LogP contribution < -0.4 is 21.2 Å². The largest absolute Gasteiger partial charge is 0.355 e. The molecule has 0 bridgehead atoms. The van der Waals surface area contributed by atoms with Crippen LogP contribution in [0.15, 0.2) is 423 Å². The number of rotatable bonds is 0. The van der Waals surface area contributed by atoms with Gasteiger partial charge in [0.25, 0.3) is 0 Å². The summed E-state index contributed by atoms with van der Waals surface area (Å²) in [6.07, 6.45) is 21.5. The molecule has 5 N–H and O–H groups in total. The Morgan fingerprint density at radius 1 is 0.219 bits per heavy atom. The summed E-state index contributed by atoms with van der Waals surface area (Å²) in [4.78, 5) is 10.9. The van der Waals surface area contributed by atoms with E-state index in [4.69, 9.17) is 0 Å². The van der Waals surface area contributed by atoms with Gasteiger partial charge in [0.05, 0.1) is 10.9 Å². The minimum absolute atomic E-state index is 0.455. The fourth-order valence-corrected chi connectivity index (χ4v) is 22.9. The molecule has 0 saturated carbocycles. The van der Waals surface area contributed by atoms with Crippen LogP contribution in [0.4, 0.5) is 22.7 Å². The highest BCUT2D eigenvalue weighted by atomic mass is 14.9. The SMILES string of the molecule is C1=CC2=CC=C3C=c4c([nH]c5ccccc45)=C4C=CC(=C1)C2C34.c1ccc2c(c1)CCc1cc3c4ccccc4c4ccccc4c3cc1N2.c1ccc2c(c1)Cc1cc3c4ccccc4c4ccccc4c3cc1N2.c1ccc2c(c1)[nH]c1c2cc2c3cccc4cccc(c5cccc1c52)c43.c1ccc2c(c1)[nH]c1cc3c4ccccc4c4ccccc4c3cc12. The number of aromatic amines is 3. The third-order valence-corrected chi connectivity index (χ3v) is 28.6. The molecule has 5 heterocycles. The van der Waals surface area contributed by atoms with Gasteiger partial charge in [0.15, 0.2) is 0 Å². The van der Waals surface area contributed by atoms with Crippen molar-refractivity contribution in [1.82, 2.24) is 15.0 Å². The smallest absolute Gasteiger partial charge is 0.0545 e. The number of para-hydroxylation sites is 5. The lowest BCUT2D eigenvalue weighted by molar-refractivity contribution is 0.604. The van der Waals surface area contributed by atoms with Crippen molar-refractivity contribution < 1.29 is 0 Å². The van der Waals surface area contributed by atoms with Crippen LogP contribution in [0.1, 0.15) is 22.3 Å². The maximum absolute atomic E-state index is 3.71. The number of hydrogen-bond acceptors (Lipinski definition) is 2. The van der Waals surface area contributed by atoms with Gasteiger partial charge in [-0.2, -0.15) is 0 Å². The summed E-state index contributed by atoms with van der Waals surface area (Å²) in [7, 11) is 0. The Morgan fingerprint density at radius 3 is 1.23 bits per heavy atom. The second kappa shape index (κ2) is 28.6. The van der Waals surface area contributed by atoms with Crippen LogP contribution >= 0.6 is 0 Å². The first-order valence-electron chi connectivity index (χ1n) is 44.9. The first-order valence-corrected chi connectivity index (χ1v) is 44.9. The molecule has 0 fully saturated rings. The number of hydrogen-bond donors (Lipinski definition) is 5.